The van der Waals surface area contributed by atoms with Crippen molar-refractivity contribution in [2.24, 2.45) is 7.05 Å². The molecule has 1 saturated heterocycles. The smallest absolute Gasteiger partial charge is 0.347 e. The van der Waals surface area contributed by atoms with Crippen LogP contribution in [0.2, 0.25) is 0 Å². The molecule has 1 aliphatic heterocycles. The van der Waals surface area contributed by atoms with Crippen molar-refractivity contribution in [2.45, 2.75) is 38.0 Å². The SMILES string of the molecule is Cc1cc(C(=O)NC2CCC(C(F)(F)F)NC2)n(C)n1. The van der Waals surface area contributed by atoms with Crippen LogP contribution >= 0.6 is 0 Å². The third-order valence-corrected chi connectivity index (χ3v) is 3.38. The van der Waals surface area contributed by atoms with E-state index in [9.17, 15) is 18.0 Å². The van der Waals surface area contributed by atoms with E-state index in [2.05, 4.69) is 15.7 Å². The summed E-state index contributed by atoms with van der Waals surface area (Å²) < 4.78 is 38.9. The number of nitrogens with zero attached hydrogens (tertiary/aromatic N) is 2. The molecule has 8 heteroatoms. The first-order chi connectivity index (χ1) is 9.27. The second-order valence-electron chi connectivity index (χ2n) is 5.04. The Kier molecular flexibility index (Phi) is 4.03. The summed E-state index contributed by atoms with van der Waals surface area (Å²) in [5, 5.41) is 9.22. The van der Waals surface area contributed by atoms with Crippen LogP contribution in [0, 0.1) is 6.92 Å². The number of alkyl halides is 3. The molecule has 1 aromatic rings. The highest BCUT2D eigenvalue weighted by Crippen LogP contribution is 2.26. The number of amides is 1. The molecule has 0 aliphatic carbocycles. The summed E-state index contributed by atoms with van der Waals surface area (Å²) in [5.41, 5.74) is 1.12. The first-order valence-corrected chi connectivity index (χ1v) is 6.39. The number of piperidine rings is 1. The molecule has 0 bridgehead atoms. The van der Waals surface area contributed by atoms with Gasteiger partial charge < -0.3 is 10.6 Å². The Balaban J connectivity index is 1.90. The maximum Gasteiger partial charge on any atom is 0.403 e. The minimum atomic E-state index is -4.23. The van der Waals surface area contributed by atoms with Gasteiger partial charge in [-0.2, -0.15) is 18.3 Å². The van der Waals surface area contributed by atoms with Gasteiger partial charge in [-0.3, -0.25) is 9.48 Å². The molecule has 20 heavy (non-hydrogen) atoms. The van der Waals surface area contributed by atoms with Crippen molar-refractivity contribution in [2.75, 3.05) is 6.54 Å². The van der Waals surface area contributed by atoms with Gasteiger partial charge in [0.15, 0.2) is 0 Å². The van der Waals surface area contributed by atoms with E-state index in [-0.39, 0.29) is 24.9 Å². The lowest BCUT2D eigenvalue weighted by atomic mass is 10.0. The van der Waals surface area contributed by atoms with Gasteiger partial charge in [0.2, 0.25) is 0 Å². The number of hydrogen-bond acceptors (Lipinski definition) is 3. The van der Waals surface area contributed by atoms with Crippen molar-refractivity contribution in [3.05, 3.63) is 17.5 Å². The molecule has 112 valence electrons. The average molecular weight is 290 g/mol. The van der Waals surface area contributed by atoms with Crippen LogP contribution < -0.4 is 10.6 Å². The van der Waals surface area contributed by atoms with Crippen molar-refractivity contribution >= 4 is 5.91 Å². The maximum absolute atomic E-state index is 12.5. The fourth-order valence-corrected chi connectivity index (χ4v) is 2.34. The van der Waals surface area contributed by atoms with Gasteiger partial charge >= 0.3 is 6.18 Å². The molecule has 1 amide bonds. The van der Waals surface area contributed by atoms with E-state index in [1.807, 2.05) is 0 Å². The molecular formula is C12H17F3N4O. The number of halogens is 3. The van der Waals surface area contributed by atoms with Crippen molar-refractivity contribution in [3.8, 4) is 0 Å². The number of carbonyl (C=O) groups excluding carboxylic acids is 1. The van der Waals surface area contributed by atoms with Crippen LogP contribution in [0.1, 0.15) is 29.0 Å². The summed E-state index contributed by atoms with van der Waals surface area (Å²) in [4.78, 5) is 12.0. The Labute approximate surface area is 114 Å². The van der Waals surface area contributed by atoms with Crippen LogP contribution in [0.3, 0.4) is 0 Å². The predicted octanol–water partition coefficient (Wildman–Crippen LogP) is 1.14. The number of rotatable bonds is 2. The molecule has 1 fully saturated rings. The number of aryl methyl sites for hydroxylation is 2. The highest BCUT2D eigenvalue weighted by Gasteiger charge is 2.41. The fraction of sp³-hybridized carbons (Fsp3) is 0.667. The van der Waals surface area contributed by atoms with Gasteiger partial charge in [0.05, 0.1) is 5.69 Å². The first kappa shape index (κ1) is 14.8. The van der Waals surface area contributed by atoms with Crippen molar-refractivity contribution in [1.82, 2.24) is 20.4 Å². The second kappa shape index (κ2) is 5.43. The molecule has 1 aliphatic rings. The van der Waals surface area contributed by atoms with Crippen molar-refractivity contribution in [1.29, 1.82) is 0 Å². The van der Waals surface area contributed by atoms with Gasteiger partial charge in [0, 0.05) is 19.6 Å². The first-order valence-electron chi connectivity index (χ1n) is 6.39. The summed E-state index contributed by atoms with van der Waals surface area (Å²) in [6.45, 7) is 1.89. The summed E-state index contributed by atoms with van der Waals surface area (Å²) in [5.74, 6) is -0.314. The minimum Gasteiger partial charge on any atom is -0.347 e. The van der Waals surface area contributed by atoms with Crippen molar-refractivity contribution < 1.29 is 18.0 Å². The second-order valence-corrected chi connectivity index (χ2v) is 5.04. The summed E-state index contributed by atoms with van der Waals surface area (Å²) in [7, 11) is 1.65. The molecule has 0 radical (unpaired) electrons. The van der Waals surface area contributed by atoms with Gasteiger partial charge in [-0.15, -0.1) is 0 Å². The molecular weight excluding hydrogens is 273 g/mol. The lowest BCUT2D eigenvalue weighted by molar-refractivity contribution is -0.160. The topological polar surface area (TPSA) is 59.0 Å². The van der Waals surface area contributed by atoms with Crippen LogP contribution in [-0.2, 0) is 7.05 Å². The van der Waals surface area contributed by atoms with E-state index < -0.39 is 12.2 Å². The average Bonchev–Trinajstić information content (AvgIpc) is 2.68. The highest BCUT2D eigenvalue weighted by molar-refractivity contribution is 5.92. The standard InChI is InChI=1S/C12H17F3N4O/c1-7-5-9(19(2)18-7)11(20)17-8-3-4-10(16-6-8)12(13,14)15/h5,8,10,16H,3-4,6H2,1-2H3,(H,17,20). The third kappa shape index (κ3) is 3.30. The quantitative estimate of drug-likeness (QED) is 0.859. The largest absolute Gasteiger partial charge is 0.403 e. The predicted molar refractivity (Wildman–Crippen MR) is 66.3 cm³/mol. The lowest BCUT2D eigenvalue weighted by Gasteiger charge is -2.31. The number of aromatic nitrogens is 2. The van der Waals surface area contributed by atoms with Gasteiger partial charge in [-0.05, 0) is 25.8 Å². The van der Waals surface area contributed by atoms with Crippen LogP contribution in [0.5, 0.6) is 0 Å². The van der Waals surface area contributed by atoms with E-state index >= 15 is 0 Å². The maximum atomic E-state index is 12.5. The Morgan fingerprint density at radius 1 is 1.50 bits per heavy atom. The Morgan fingerprint density at radius 2 is 2.20 bits per heavy atom. The number of nitrogens with one attached hydrogen (secondary N) is 2. The molecule has 0 spiro atoms. The Morgan fingerprint density at radius 3 is 2.65 bits per heavy atom. The number of carbonyl (C=O) groups is 1. The molecule has 0 saturated carbocycles. The molecule has 5 nitrogen and oxygen atoms in total. The van der Waals surface area contributed by atoms with Crippen LogP contribution in [0.15, 0.2) is 6.07 Å². The fourth-order valence-electron chi connectivity index (χ4n) is 2.34. The Hall–Kier alpha value is -1.57. The van der Waals surface area contributed by atoms with Gasteiger partial charge in [-0.25, -0.2) is 0 Å². The highest BCUT2D eigenvalue weighted by atomic mass is 19.4. The molecule has 1 aromatic heterocycles. The van der Waals surface area contributed by atoms with Gasteiger partial charge in [0.25, 0.3) is 5.91 Å². The molecule has 2 N–H and O–H groups in total. The van der Waals surface area contributed by atoms with E-state index in [1.54, 1.807) is 20.0 Å². The van der Waals surface area contributed by atoms with Crippen LogP contribution in [0.4, 0.5) is 13.2 Å². The minimum absolute atomic E-state index is 0.0289. The lowest BCUT2D eigenvalue weighted by Crippen LogP contribution is -2.54. The summed E-state index contributed by atoms with van der Waals surface area (Å²) in [6.07, 6.45) is -3.95. The zero-order valence-electron chi connectivity index (χ0n) is 11.3. The molecule has 2 unspecified atom stereocenters. The molecule has 2 atom stereocenters. The van der Waals surface area contributed by atoms with Crippen LogP contribution in [-0.4, -0.2) is 40.5 Å². The monoisotopic (exact) mass is 290 g/mol. The van der Waals surface area contributed by atoms with E-state index in [4.69, 9.17) is 0 Å². The van der Waals surface area contributed by atoms with E-state index in [0.717, 1.165) is 5.69 Å². The van der Waals surface area contributed by atoms with E-state index in [0.29, 0.717) is 12.1 Å². The van der Waals surface area contributed by atoms with Gasteiger partial charge in [-0.1, -0.05) is 0 Å². The van der Waals surface area contributed by atoms with Crippen molar-refractivity contribution in [3.63, 3.8) is 0 Å². The summed E-state index contributed by atoms with van der Waals surface area (Å²) >= 11 is 0. The normalized spacial score (nSPS) is 23.6. The summed E-state index contributed by atoms with van der Waals surface area (Å²) in [6, 6.07) is -0.129. The van der Waals surface area contributed by atoms with E-state index in [1.165, 1.54) is 4.68 Å². The molecule has 2 rings (SSSR count). The zero-order valence-corrected chi connectivity index (χ0v) is 11.3. The van der Waals surface area contributed by atoms with Gasteiger partial charge in [0.1, 0.15) is 11.7 Å². The van der Waals surface area contributed by atoms with Crippen LogP contribution in [0.25, 0.3) is 0 Å². The molecule has 0 aromatic carbocycles. The third-order valence-electron chi connectivity index (χ3n) is 3.38. The number of hydrogen-bond donors (Lipinski definition) is 2. The zero-order chi connectivity index (χ0) is 14.9. The Bertz CT molecular complexity index is 489. The molecule has 2 heterocycles.